The Labute approximate surface area is 108 Å². The monoisotopic (exact) mass is 252 g/mol. The fourth-order valence-electron chi connectivity index (χ4n) is 1.61. The SMILES string of the molecule is CCOC(=O)C(O)c1ccc(CC(C)OC)cc1. The van der Waals surface area contributed by atoms with Crippen molar-refractivity contribution in [3.05, 3.63) is 35.4 Å². The minimum absolute atomic E-state index is 0.144. The number of rotatable bonds is 6. The first-order valence-corrected chi connectivity index (χ1v) is 6.04. The van der Waals surface area contributed by atoms with Crippen LogP contribution in [0.5, 0.6) is 0 Å². The van der Waals surface area contributed by atoms with Gasteiger partial charge in [-0.15, -0.1) is 0 Å². The van der Waals surface area contributed by atoms with Gasteiger partial charge in [0.05, 0.1) is 12.7 Å². The maximum Gasteiger partial charge on any atom is 0.339 e. The number of hydrogen-bond donors (Lipinski definition) is 1. The van der Waals surface area contributed by atoms with Crippen molar-refractivity contribution in [1.82, 2.24) is 0 Å². The molecule has 0 aromatic heterocycles. The Morgan fingerprint density at radius 2 is 1.94 bits per heavy atom. The number of ether oxygens (including phenoxy) is 2. The highest BCUT2D eigenvalue weighted by molar-refractivity contribution is 5.76. The van der Waals surface area contributed by atoms with Crippen molar-refractivity contribution >= 4 is 5.97 Å². The van der Waals surface area contributed by atoms with E-state index >= 15 is 0 Å². The molecule has 2 unspecified atom stereocenters. The van der Waals surface area contributed by atoms with E-state index in [0.29, 0.717) is 5.56 Å². The predicted molar refractivity (Wildman–Crippen MR) is 68.2 cm³/mol. The van der Waals surface area contributed by atoms with Gasteiger partial charge in [-0.1, -0.05) is 24.3 Å². The normalized spacial score (nSPS) is 14.0. The van der Waals surface area contributed by atoms with Gasteiger partial charge in [0.1, 0.15) is 0 Å². The van der Waals surface area contributed by atoms with Crippen LogP contribution in [0.25, 0.3) is 0 Å². The number of hydrogen-bond acceptors (Lipinski definition) is 4. The van der Waals surface area contributed by atoms with Crippen LogP contribution in [0.3, 0.4) is 0 Å². The molecule has 18 heavy (non-hydrogen) atoms. The first kappa shape index (κ1) is 14.7. The number of carbonyl (C=O) groups is 1. The fourth-order valence-corrected chi connectivity index (χ4v) is 1.61. The van der Waals surface area contributed by atoms with Crippen molar-refractivity contribution in [3.8, 4) is 0 Å². The van der Waals surface area contributed by atoms with Crippen molar-refractivity contribution < 1.29 is 19.4 Å². The summed E-state index contributed by atoms with van der Waals surface area (Å²) >= 11 is 0. The van der Waals surface area contributed by atoms with Gasteiger partial charge < -0.3 is 14.6 Å². The Morgan fingerprint density at radius 1 is 1.33 bits per heavy atom. The summed E-state index contributed by atoms with van der Waals surface area (Å²) in [5, 5.41) is 9.74. The zero-order valence-corrected chi connectivity index (χ0v) is 11.1. The van der Waals surface area contributed by atoms with Gasteiger partial charge in [-0.2, -0.15) is 0 Å². The van der Waals surface area contributed by atoms with E-state index in [1.165, 1.54) is 0 Å². The number of aliphatic hydroxyl groups is 1. The first-order valence-electron chi connectivity index (χ1n) is 6.04. The molecule has 0 aliphatic heterocycles. The quantitative estimate of drug-likeness (QED) is 0.785. The molecule has 1 rings (SSSR count). The standard InChI is InChI=1S/C14H20O4/c1-4-18-14(16)13(15)12-7-5-11(6-8-12)9-10(2)17-3/h5-8,10,13,15H,4,9H2,1-3H3. The minimum atomic E-state index is -1.21. The average molecular weight is 252 g/mol. The Hall–Kier alpha value is -1.39. The molecule has 1 N–H and O–H groups in total. The van der Waals surface area contributed by atoms with Gasteiger partial charge in [0.25, 0.3) is 0 Å². The number of aliphatic hydroxyl groups excluding tert-OH is 1. The van der Waals surface area contributed by atoms with E-state index < -0.39 is 12.1 Å². The number of esters is 1. The molecular weight excluding hydrogens is 232 g/mol. The molecular formula is C14H20O4. The average Bonchev–Trinajstić information content (AvgIpc) is 2.39. The summed E-state index contributed by atoms with van der Waals surface area (Å²) in [7, 11) is 1.67. The topological polar surface area (TPSA) is 55.8 Å². The molecule has 0 saturated heterocycles. The van der Waals surface area contributed by atoms with Gasteiger partial charge in [0.2, 0.25) is 0 Å². The molecule has 0 aliphatic carbocycles. The lowest BCUT2D eigenvalue weighted by Crippen LogP contribution is -2.15. The van der Waals surface area contributed by atoms with Crippen molar-refractivity contribution in [1.29, 1.82) is 0 Å². The van der Waals surface area contributed by atoms with Crippen LogP contribution in [0.15, 0.2) is 24.3 Å². The molecule has 1 aromatic carbocycles. The van der Waals surface area contributed by atoms with Crippen LogP contribution in [0, 0.1) is 0 Å². The third-order valence-corrected chi connectivity index (χ3v) is 2.73. The third-order valence-electron chi connectivity index (χ3n) is 2.73. The fraction of sp³-hybridized carbons (Fsp3) is 0.500. The smallest absolute Gasteiger partial charge is 0.339 e. The Balaban J connectivity index is 2.67. The molecule has 0 aliphatic rings. The highest BCUT2D eigenvalue weighted by Gasteiger charge is 2.18. The van der Waals surface area contributed by atoms with Gasteiger partial charge in [0, 0.05) is 7.11 Å². The van der Waals surface area contributed by atoms with E-state index in [1.807, 2.05) is 19.1 Å². The summed E-state index contributed by atoms with van der Waals surface area (Å²) in [6.07, 6.45) is -0.267. The third kappa shape index (κ3) is 4.13. The summed E-state index contributed by atoms with van der Waals surface area (Å²) in [6, 6.07) is 7.24. The van der Waals surface area contributed by atoms with Crippen molar-refractivity contribution in [2.45, 2.75) is 32.5 Å². The molecule has 0 radical (unpaired) electrons. The molecule has 100 valence electrons. The van der Waals surface area contributed by atoms with Crippen LogP contribution in [-0.2, 0) is 20.7 Å². The largest absolute Gasteiger partial charge is 0.464 e. The molecule has 1 aromatic rings. The van der Waals surface area contributed by atoms with Crippen LogP contribution >= 0.6 is 0 Å². The second-order valence-corrected chi connectivity index (χ2v) is 4.15. The predicted octanol–water partition coefficient (Wildman–Crippen LogP) is 1.86. The zero-order valence-electron chi connectivity index (χ0n) is 11.1. The van der Waals surface area contributed by atoms with E-state index in [-0.39, 0.29) is 12.7 Å². The number of benzene rings is 1. The summed E-state index contributed by atoms with van der Waals surface area (Å²) < 4.78 is 9.94. The zero-order chi connectivity index (χ0) is 13.5. The molecule has 4 nitrogen and oxygen atoms in total. The van der Waals surface area contributed by atoms with Gasteiger partial charge >= 0.3 is 5.97 Å². The van der Waals surface area contributed by atoms with Gasteiger partial charge in [-0.3, -0.25) is 0 Å². The molecule has 0 spiro atoms. The van der Waals surface area contributed by atoms with Crippen molar-refractivity contribution in [2.75, 3.05) is 13.7 Å². The molecule has 0 bridgehead atoms. The lowest BCUT2D eigenvalue weighted by atomic mass is 10.0. The Bertz CT molecular complexity index is 372. The lowest BCUT2D eigenvalue weighted by molar-refractivity contribution is -0.153. The van der Waals surface area contributed by atoms with E-state index in [1.54, 1.807) is 26.2 Å². The summed E-state index contributed by atoms with van der Waals surface area (Å²) in [5.41, 5.74) is 1.64. The molecule has 0 amide bonds. The van der Waals surface area contributed by atoms with Gasteiger partial charge in [0.15, 0.2) is 6.10 Å². The molecule has 0 fully saturated rings. The Morgan fingerprint density at radius 3 is 2.44 bits per heavy atom. The highest BCUT2D eigenvalue weighted by atomic mass is 16.5. The summed E-state index contributed by atoms with van der Waals surface area (Å²) in [4.78, 5) is 11.4. The van der Waals surface area contributed by atoms with Crippen LogP contribution in [0.1, 0.15) is 31.1 Å². The minimum Gasteiger partial charge on any atom is -0.464 e. The van der Waals surface area contributed by atoms with Crippen molar-refractivity contribution in [2.24, 2.45) is 0 Å². The van der Waals surface area contributed by atoms with Crippen molar-refractivity contribution in [3.63, 3.8) is 0 Å². The van der Waals surface area contributed by atoms with E-state index in [2.05, 4.69) is 0 Å². The second-order valence-electron chi connectivity index (χ2n) is 4.15. The molecule has 0 heterocycles. The van der Waals surface area contributed by atoms with E-state index in [0.717, 1.165) is 12.0 Å². The van der Waals surface area contributed by atoms with E-state index in [4.69, 9.17) is 9.47 Å². The lowest BCUT2D eigenvalue weighted by Gasteiger charge is -2.12. The first-order chi connectivity index (χ1) is 8.58. The van der Waals surface area contributed by atoms with Crippen LogP contribution in [0.4, 0.5) is 0 Å². The summed E-state index contributed by atoms with van der Waals surface area (Å²) in [5.74, 6) is -0.615. The number of carbonyl (C=O) groups excluding carboxylic acids is 1. The molecule has 4 heteroatoms. The molecule has 2 atom stereocenters. The van der Waals surface area contributed by atoms with Crippen LogP contribution < -0.4 is 0 Å². The van der Waals surface area contributed by atoms with Crippen LogP contribution in [0.2, 0.25) is 0 Å². The number of methoxy groups -OCH3 is 1. The molecule has 0 saturated carbocycles. The Kier molecular flexibility index (Phi) is 5.82. The van der Waals surface area contributed by atoms with E-state index in [9.17, 15) is 9.90 Å². The maximum absolute atomic E-state index is 11.4. The highest BCUT2D eigenvalue weighted by Crippen LogP contribution is 2.16. The van der Waals surface area contributed by atoms with Gasteiger partial charge in [-0.25, -0.2) is 4.79 Å². The van der Waals surface area contributed by atoms with Crippen LogP contribution in [-0.4, -0.2) is 30.9 Å². The summed E-state index contributed by atoms with van der Waals surface area (Å²) in [6.45, 7) is 3.96. The van der Waals surface area contributed by atoms with Gasteiger partial charge in [-0.05, 0) is 31.4 Å². The maximum atomic E-state index is 11.4. The second kappa shape index (κ2) is 7.13.